The topological polar surface area (TPSA) is 51.4 Å². The smallest absolute Gasteiger partial charge is 0.185 e. The maximum absolute atomic E-state index is 5.59. The molecular formula is C10H17N3OS. The van der Waals surface area contributed by atoms with Gasteiger partial charge < -0.3 is 15.4 Å². The summed E-state index contributed by atoms with van der Waals surface area (Å²) < 4.78 is 5.47. The van der Waals surface area contributed by atoms with Gasteiger partial charge in [0.25, 0.3) is 0 Å². The quantitative estimate of drug-likeness (QED) is 0.843. The summed E-state index contributed by atoms with van der Waals surface area (Å²) in [4.78, 5) is 7.90. The summed E-state index contributed by atoms with van der Waals surface area (Å²) in [6, 6.07) is 0.468. The minimum atomic E-state index is 0.468. The van der Waals surface area contributed by atoms with E-state index in [2.05, 4.69) is 16.8 Å². The summed E-state index contributed by atoms with van der Waals surface area (Å²) in [5.74, 6) is 0. The van der Waals surface area contributed by atoms with Crippen LogP contribution >= 0.6 is 11.3 Å². The minimum absolute atomic E-state index is 0.468. The number of nitrogens with two attached hydrogens (primary N) is 1. The number of nitrogens with zero attached hydrogens (tertiary/aromatic N) is 2. The third-order valence-electron chi connectivity index (χ3n) is 2.69. The fraction of sp³-hybridized carbons (Fsp3) is 0.700. The van der Waals surface area contributed by atoms with E-state index < -0.39 is 0 Å². The molecule has 15 heavy (non-hydrogen) atoms. The average molecular weight is 227 g/mol. The predicted molar refractivity (Wildman–Crippen MR) is 62.2 cm³/mol. The maximum atomic E-state index is 5.59. The molecule has 1 unspecified atom stereocenters. The van der Waals surface area contributed by atoms with Crippen LogP contribution in [0.5, 0.6) is 0 Å². The second kappa shape index (κ2) is 4.92. The summed E-state index contributed by atoms with van der Waals surface area (Å²) in [7, 11) is 0. The van der Waals surface area contributed by atoms with Crippen LogP contribution < -0.4 is 10.6 Å². The Kier molecular flexibility index (Phi) is 3.56. The molecule has 0 saturated carbocycles. The lowest BCUT2D eigenvalue weighted by molar-refractivity contribution is 0.0930. The standard InChI is InChI=1S/C10H17N3OS/c1-2-8-7-14-4-3-13(8)10-12-6-9(5-11)15-10/h6,8H,2-5,7,11H2,1H3. The van der Waals surface area contributed by atoms with E-state index in [0.717, 1.165) is 36.2 Å². The van der Waals surface area contributed by atoms with Gasteiger partial charge in [-0.1, -0.05) is 6.92 Å². The highest BCUT2D eigenvalue weighted by Gasteiger charge is 2.23. The normalized spacial score (nSPS) is 22.0. The number of morpholine rings is 1. The van der Waals surface area contributed by atoms with Crippen LogP contribution in [-0.2, 0) is 11.3 Å². The van der Waals surface area contributed by atoms with Gasteiger partial charge in [0.1, 0.15) is 0 Å². The van der Waals surface area contributed by atoms with Crippen molar-refractivity contribution in [2.75, 3.05) is 24.7 Å². The van der Waals surface area contributed by atoms with Gasteiger partial charge in [-0.15, -0.1) is 11.3 Å². The molecule has 4 nitrogen and oxygen atoms in total. The number of aromatic nitrogens is 1. The number of hydrogen-bond donors (Lipinski definition) is 1. The van der Waals surface area contributed by atoms with Crippen molar-refractivity contribution in [2.45, 2.75) is 25.9 Å². The summed E-state index contributed by atoms with van der Waals surface area (Å²) in [5.41, 5.74) is 5.59. The molecule has 0 amide bonds. The van der Waals surface area contributed by atoms with Gasteiger partial charge >= 0.3 is 0 Å². The Morgan fingerprint density at radius 2 is 2.60 bits per heavy atom. The molecule has 5 heteroatoms. The Morgan fingerprint density at radius 3 is 3.27 bits per heavy atom. The molecule has 2 rings (SSSR count). The van der Waals surface area contributed by atoms with Gasteiger partial charge in [0.15, 0.2) is 5.13 Å². The van der Waals surface area contributed by atoms with Crippen LogP contribution in [0.3, 0.4) is 0 Å². The van der Waals surface area contributed by atoms with Crippen molar-refractivity contribution in [3.05, 3.63) is 11.1 Å². The van der Waals surface area contributed by atoms with E-state index in [0.29, 0.717) is 12.6 Å². The van der Waals surface area contributed by atoms with Crippen molar-refractivity contribution >= 4 is 16.5 Å². The van der Waals surface area contributed by atoms with Crippen molar-refractivity contribution in [3.8, 4) is 0 Å². The molecule has 0 aromatic carbocycles. The molecular weight excluding hydrogens is 210 g/mol. The van der Waals surface area contributed by atoms with E-state index in [1.165, 1.54) is 0 Å². The van der Waals surface area contributed by atoms with E-state index in [1.807, 2.05) is 6.20 Å². The van der Waals surface area contributed by atoms with Crippen LogP contribution in [0, 0.1) is 0 Å². The van der Waals surface area contributed by atoms with Crippen molar-refractivity contribution in [1.29, 1.82) is 0 Å². The first-order chi connectivity index (χ1) is 7.35. The lowest BCUT2D eigenvalue weighted by Gasteiger charge is -2.34. The molecule has 1 atom stereocenters. The van der Waals surface area contributed by atoms with Crippen LogP contribution in [0.25, 0.3) is 0 Å². The van der Waals surface area contributed by atoms with Gasteiger partial charge in [-0.2, -0.15) is 0 Å². The highest BCUT2D eigenvalue weighted by atomic mass is 32.1. The molecule has 2 heterocycles. The SMILES string of the molecule is CCC1COCCN1c1ncc(CN)s1. The third-order valence-corrected chi connectivity index (χ3v) is 3.74. The molecule has 2 N–H and O–H groups in total. The zero-order valence-electron chi connectivity index (χ0n) is 8.98. The first kappa shape index (κ1) is 10.9. The monoisotopic (exact) mass is 227 g/mol. The summed E-state index contributed by atoms with van der Waals surface area (Å²) in [5, 5.41) is 1.09. The molecule has 0 radical (unpaired) electrons. The molecule has 1 aromatic rings. The third kappa shape index (κ3) is 2.30. The number of thiazole rings is 1. The maximum Gasteiger partial charge on any atom is 0.185 e. The van der Waals surface area contributed by atoms with E-state index in [4.69, 9.17) is 10.5 Å². The highest BCUT2D eigenvalue weighted by Crippen LogP contribution is 2.26. The van der Waals surface area contributed by atoms with E-state index >= 15 is 0 Å². The molecule has 0 aliphatic carbocycles. The van der Waals surface area contributed by atoms with Crippen LogP contribution in [0.15, 0.2) is 6.20 Å². The fourth-order valence-corrected chi connectivity index (χ4v) is 2.66. The second-order valence-corrected chi connectivity index (χ2v) is 4.74. The summed E-state index contributed by atoms with van der Waals surface area (Å²) >= 11 is 1.69. The summed E-state index contributed by atoms with van der Waals surface area (Å²) in [6.07, 6.45) is 2.97. The first-order valence-corrected chi connectivity index (χ1v) is 6.16. The van der Waals surface area contributed by atoms with Gasteiger partial charge in [-0.3, -0.25) is 0 Å². The molecule has 84 valence electrons. The summed E-state index contributed by atoms with van der Waals surface area (Å²) in [6.45, 7) is 5.32. The Labute approximate surface area is 94.1 Å². The van der Waals surface area contributed by atoms with Crippen LogP contribution in [0.2, 0.25) is 0 Å². The number of ether oxygens (including phenoxy) is 1. The molecule has 1 aromatic heterocycles. The van der Waals surface area contributed by atoms with Gasteiger partial charge in [0, 0.05) is 24.2 Å². The van der Waals surface area contributed by atoms with Crippen LogP contribution in [0.4, 0.5) is 5.13 Å². The minimum Gasteiger partial charge on any atom is -0.377 e. The average Bonchev–Trinajstić information content (AvgIpc) is 2.77. The van der Waals surface area contributed by atoms with Crippen LogP contribution in [-0.4, -0.2) is 30.8 Å². The lowest BCUT2D eigenvalue weighted by atomic mass is 10.2. The second-order valence-electron chi connectivity index (χ2n) is 3.64. The predicted octanol–water partition coefficient (Wildman–Crippen LogP) is 1.22. The molecule has 1 aliphatic heterocycles. The highest BCUT2D eigenvalue weighted by molar-refractivity contribution is 7.15. The van der Waals surface area contributed by atoms with Crippen molar-refractivity contribution in [2.24, 2.45) is 5.73 Å². The molecule has 1 fully saturated rings. The number of rotatable bonds is 3. The zero-order valence-corrected chi connectivity index (χ0v) is 9.80. The largest absolute Gasteiger partial charge is 0.377 e. The number of hydrogen-bond acceptors (Lipinski definition) is 5. The van der Waals surface area contributed by atoms with Gasteiger partial charge in [0.05, 0.1) is 19.3 Å². The molecule has 0 spiro atoms. The van der Waals surface area contributed by atoms with E-state index in [-0.39, 0.29) is 0 Å². The van der Waals surface area contributed by atoms with Crippen LogP contribution in [0.1, 0.15) is 18.2 Å². The Balaban J connectivity index is 2.12. The number of anilines is 1. The van der Waals surface area contributed by atoms with Crippen molar-refractivity contribution in [1.82, 2.24) is 4.98 Å². The molecule has 1 aliphatic rings. The fourth-order valence-electron chi connectivity index (χ4n) is 1.77. The molecule has 0 bridgehead atoms. The zero-order chi connectivity index (χ0) is 10.7. The van der Waals surface area contributed by atoms with E-state index in [9.17, 15) is 0 Å². The van der Waals surface area contributed by atoms with Gasteiger partial charge in [-0.05, 0) is 6.42 Å². The van der Waals surface area contributed by atoms with Gasteiger partial charge in [-0.25, -0.2) is 4.98 Å². The van der Waals surface area contributed by atoms with Crippen molar-refractivity contribution in [3.63, 3.8) is 0 Å². The van der Waals surface area contributed by atoms with Crippen molar-refractivity contribution < 1.29 is 4.74 Å². The Morgan fingerprint density at radius 1 is 1.73 bits per heavy atom. The Bertz CT molecular complexity index is 315. The van der Waals surface area contributed by atoms with E-state index in [1.54, 1.807) is 11.3 Å². The Hall–Kier alpha value is -0.650. The van der Waals surface area contributed by atoms with Gasteiger partial charge in [0.2, 0.25) is 0 Å². The first-order valence-electron chi connectivity index (χ1n) is 5.34. The molecule has 1 saturated heterocycles. The lowest BCUT2D eigenvalue weighted by Crippen LogP contribution is -2.45.